The lowest BCUT2D eigenvalue weighted by atomic mass is 10.1. The predicted octanol–water partition coefficient (Wildman–Crippen LogP) is 2.76. The standard InChI is InChI=1S/C13H20N4S/c1-4-8-17-11(9-15-16-17)13(14-5-2)12-7-6-10(3)18-12/h6-7,9,13-14H,4-5,8H2,1-3H3. The van der Waals surface area contributed by atoms with E-state index < -0.39 is 0 Å². The van der Waals surface area contributed by atoms with Crippen LogP contribution in [0.5, 0.6) is 0 Å². The fourth-order valence-corrected chi connectivity index (χ4v) is 3.00. The van der Waals surface area contributed by atoms with Crippen LogP contribution in [0.1, 0.15) is 41.8 Å². The number of rotatable bonds is 6. The van der Waals surface area contributed by atoms with E-state index in [1.165, 1.54) is 9.75 Å². The molecule has 0 aromatic carbocycles. The molecule has 0 amide bonds. The molecular weight excluding hydrogens is 244 g/mol. The van der Waals surface area contributed by atoms with E-state index >= 15 is 0 Å². The van der Waals surface area contributed by atoms with Crippen LogP contribution in [-0.4, -0.2) is 21.5 Å². The molecule has 2 aromatic heterocycles. The highest BCUT2D eigenvalue weighted by molar-refractivity contribution is 7.12. The van der Waals surface area contributed by atoms with Crippen molar-refractivity contribution in [1.82, 2.24) is 20.3 Å². The van der Waals surface area contributed by atoms with E-state index in [4.69, 9.17) is 0 Å². The monoisotopic (exact) mass is 264 g/mol. The minimum atomic E-state index is 0.204. The molecule has 0 fully saturated rings. The Morgan fingerprint density at radius 3 is 2.83 bits per heavy atom. The first-order valence-corrected chi connectivity index (χ1v) is 7.26. The van der Waals surface area contributed by atoms with Gasteiger partial charge < -0.3 is 5.32 Å². The van der Waals surface area contributed by atoms with E-state index in [1.807, 2.05) is 22.2 Å². The zero-order valence-corrected chi connectivity index (χ0v) is 12.0. The third kappa shape index (κ3) is 2.79. The minimum Gasteiger partial charge on any atom is -0.305 e. The van der Waals surface area contributed by atoms with Crippen LogP contribution in [-0.2, 0) is 6.54 Å². The molecular formula is C13H20N4S. The van der Waals surface area contributed by atoms with E-state index in [0.717, 1.165) is 25.2 Å². The normalized spacial score (nSPS) is 12.8. The maximum atomic E-state index is 4.17. The Bertz CT molecular complexity index is 489. The van der Waals surface area contributed by atoms with Crippen molar-refractivity contribution in [2.24, 2.45) is 0 Å². The number of aryl methyl sites for hydroxylation is 2. The fourth-order valence-electron chi connectivity index (χ4n) is 2.04. The van der Waals surface area contributed by atoms with Crippen LogP contribution >= 0.6 is 11.3 Å². The molecule has 1 unspecified atom stereocenters. The Balaban J connectivity index is 2.31. The Kier molecular flexibility index (Phi) is 4.49. The lowest BCUT2D eigenvalue weighted by molar-refractivity contribution is 0.514. The van der Waals surface area contributed by atoms with Crippen molar-refractivity contribution in [2.45, 2.75) is 39.8 Å². The maximum Gasteiger partial charge on any atom is 0.0858 e. The summed E-state index contributed by atoms with van der Waals surface area (Å²) in [6.45, 7) is 8.27. The highest BCUT2D eigenvalue weighted by Crippen LogP contribution is 2.27. The van der Waals surface area contributed by atoms with Gasteiger partial charge in [-0.25, -0.2) is 4.68 Å². The summed E-state index contributed by atoms with van der Waals surface area (Å²) >= 11 is 1.83. The van der Waals surface area contributed by atoms with Gasteiger partial charge in [0.05, 0.1) is 17.9 Å². The molecule has 0 radical (unpaired) electrons. The van der Waals surface area contributed by atoms with Crippen LogP contribution in [0.4, 0.5) is 0 Å². The van der Waals surface area contributed by atoms with E-state index in [2.05, 4.69) is 48.5 Å². The smallest absolute Gasteiger partial charge is 0.0858 e. The van der Waals surface area contributed by atoms with E-state index in [0.29, 0.717) is 0 Å². The summed E-state index contributed by atoms with van der Waals surface area (Å²) in [4.78, 5) is 2.66. The van der Waals surface area contributed by atoms with Crippen molar-refractivity contribution >= 4 is 11.3 Å². The summed E-state index contributed by atoms with van der Waals surface area (Å²) in [7, 11) is 0. The molecule has 98 valence electrons. The average Bonchev–Trinajstić information content (AvgIpc) is 2.96. The van der Waals surface area contributed by atoms with Gasteiger partial charge in [-0.05, 0) is 32.0 Å². The van der Waals surface area contributed by atoms with Gasteiger partial charge in [-0.3, -0.25) is 0 Å². The number of thiophene rings is 1. The van der Waals surface area contributed by atoms with E-state index in [9.17, 15) is 0 Å². The molecule has 2 rings (SSSR count). The average molecular weight is 264 g/mol. The molecule has 4 nitrogen and oxygen atoms in total. The summed E-state index contributed by atoms with van der Waals surface area (Å²) in [5.74, 6) is 0. The minimum absolute atomic E-state index is 0.204. The first-order chi connectivity index (χ1) is 8.76. The highest BCUT2D eigenvalue weighted by Gasteiger charge is 2.19. The van der Waals surface area contributed by atoms with Crippen molar-refractivity contribution in [3.63, 3.8) is 0 Å². The SMILES string of the molecule is CCCn1nncc1C(NCC)c1ccc(C)s1. The molecule has 0 aliphatic rings. The van der Waals surface area contributed by atoms with E-state index in [1.54, 1.807) is 0 Å². The molecule has 1 N–H and O–H groups in total. The second kappa shape index (κ2) is 6.11. The van der Waals surface area contributed by atoms with E-state index in [-0.39, 0.29) is 6.04 Å². The Morgan fingerprint density at radius 1 is 1.39 bits per heavy atom. The summed E-state index contributed by atoms with van der Waals surface area (Å²) in [5.41, 5.74) is 1.15. The van der Waals surface area contributed by atoms with Gasteiger partial charge in [0, 0.05) is 16.3 Å². The largest absolute Gasteiger partial charge is 0.305 e. The molecule has 0 spiro atoms. The molecule has 0 saturated carbocycles. The summed E-state index contributed by atoms with van der Waals surface area (Å²) < 4.78 is 2.00. The van der Waals surface area contributed by atoms with Gasteiger partial charge in [0.1, 0.15) is 0 Å². The van der Waals surface area contributed by atoms with Crippen molar-refractivity contribution in [2.75, 3.05) is 6.54 Å². The molecule has 18 heavy (non-hydrogen) atoms. The van der Waals surface area contributed by atoms with Gasteiger partial charge >= 0.3 is 0 Å². The quantitative estimate of drug-likeness (QED) is 0.872. The number of hydrogen-bond acceptors (Lipinski definition) is 4. The Labute approximate surface area is 112 Å². The highest BCUT2D eigenvalue weighted by atomic mass is 32.1. The van der Waals surface area contributed by atoms with Crippen LogP contribution in [0, 0.1) is 6.92 Å². The van der Waals surface area contributed by atoms with Gasteiger partial charge in [-0.15, -0.1) is 16.4 Å². The lowest BCUT2D eigenvalue weighted by Crippen LogP contribution is -2.24. The topological polar surface area (TPSA) is 42.7 Å². The molecule has 1 atom stereocenters. The number of aromatic nitrogens is 3. The molecule has 2 aromatic rings. The third-order valence-electron chi connectivity index (χ3n) is 2.83. The van der Waals surface area contributed by atoms with Gasteiger partial charge in [0.25, 0.3) is 0 Å². The van der Waals surface area contributed by atoms with Crippen molar-refractivity contribution in [3.8, 4) is 0 Å². The van der Waals surface area contributed by atoms with Crippen molar-refractivity contribution in [3.05, 3.63) is 33.8 Å². The zero-order valence-electron chi connectivity index (χ0n) is 11.2. The molecule has 0 bridgehead atoms. The summed E-state index contributed by atoms with van der Waals surface area (Å²) in [6, 6.07) is 4.56. The summed E-state index contributed by atoms with van der Waals surface area (Å²) in [6.07, 6.45) is 2.94. The van der Waals surface area contributed by atoms with Gasteiger partial charge in [-0.2, -0.15) is 0 Å². The third-order valence-corrected chi connectivity index (χ3v) is 3.90. The summed E-state index contributed by atoms with van der Waals surface area (Å²) in [5, 5.41) is 11.7. The molecule has 5 heteroatoms. The molecule has 2 heterocycles. The number of nitrogens with one attached hydrogen (secondary N) is 1. The second-order valence-corrected chi connectivity index (χ2v) is 5.64. The van der Waals surface area contributed by atoms with Gasteiger partial charge in [0.15, 0.2) is 0 Å². The Hall–Kier alpha value is -1.20. The number of nitrogens with zero attached hydrogens (tertiary/aromatic N) is 3. The molecule has 0 aliphatic heterocycles. The van der Waals surface area contributed by atoms with Gasteiger partial charge in [0.2, 0.25) is 0 Å². The predicted molar refractivity (Wildman–Crippen MR) is 74.9 cm³/mol. The molecule has 0 aliphatic carbocycles. The van der Waals surface area contributed by atoms with Crippen molar-refractivity contribution < 1.29 is 0 Å². The first kappa shape index (κ1) is 13.2. The molecule has 0 saturated heterocycles. The van der Waals surface area contributed by atoms with Crippen LogP contribution in [0.15, 0.2) is 18.3 Å². The van der Waals surface area contributed by atoms with Crippen molar-refractivity contribution in [1.29, 1.82) is 0 Å². The second-order valence-electron chi connectivity index (χ2n) is 4.32. The van der Waals surface area contributed by atoms with Crippen LogP contribution in [0.25, 0.3) is 0 Å². The van der Waals surface area contributed by atoms with Gasteiger partial charge in [-0.1, -0.05) is 19.1 Å². The lowest BCUT2D eigenvalue weighted by Gasteiger charge is -2.17. The van der Waals surface area contributed by atoms with Crippen LogP contribution in [0.2, 0.25) is 0 Å². The Morgan fingerprint density at radius 2 is 2.22 bits per heavy atom. The fraction of sp³-hybridized carbons (Fsp3) is 0.538. The maximum absolute atomic E-state index is 4.17. The first-order valence-electron chi connectivity index (χ1n) is 6.44. The van der Waals surface area contributed by atoms with Crippen LogP contribution < -0.4 is 5.32 Å². The van der Waals surface area contributed by atoms with Crippen LogP contribution in [0.3, 0.4) is 0 Å². The zero-order chi connectivity index (χ0) is 13.0. The number of hydrogen-bond donors (Lipinski definition) is 1.